The number of aryl methyl sites for hydroxylation is 2. The molecule has 0 amide bonds. The van der Waals surface area contributed by atoms with Crippen molar-refractivity contribution in [1.29, 1.82) is 0 Å². The Hall–Kier alpha value is -1.35. The van der Waals surface area contributed by atoms with E-state index in [9.17, 15) is 4.39 Å². The number of aliphatic imine (C=N–C) groups is 1. The van der Waals surface area contributed by atoms with Crippen molar-refractivity contribution in [1.82, 2.24) is 20.4 Å². The normalized spacial score (nSPS) is 19.1. The third kappa shape index (κ3) is 4.31. The van der Waals surface area contributed by atoms with Crippen LogP contribution < -0.4 is 10.6 Å². The van der Waals surface area contributed by atoms with Crippen LogP contribution in [-0.2, 0) is 13.6 Å². The average molecular weight is 492 g/mol. The van der Waals surface area contributed by atoms with Crippen LogP contribution >= 0.6 is 35.6 Å². The van der Waals surface area contributed by atoms with Gasteiger partial charge in [-0.3, -0.25) is 9.67 Å². The Bertz CT molecular complexity index is 800. The first-order valence-electron chi connectivity index (χ1n) is 8.32. The highest BCUT2D eigenvalue weighted by atomic mass is 127. The van der Waals surface area contributed by atoms with Crippen molar-refractivity contribution < 1.29 is 4.39 Å². The number of hydrogen-bond acceptors (Lipinski definition) is 2. The van der Waals surface area contributed by atoms with E-state index in [1.807, 2.05) is 25.6 Å². The van der Waals surface area contributed by atoms with E-state index in [4.69, 9.17) is 11.6 Å². The molecule has 8 heteroatoms. The van der Waals surface area contributed by atoms with Crippen LogP contribution in [0.25, 0.3) is 0 Å². The second-order valence-corrected chi connectivity index (χ2v) is 6.83. The molecule has 1 saturated carbocycles. The molecule has 142 valence electrons. The molecule has 0 saturated heterocycles. The summed E-state index contributed by atoms with van der Waals surface area (Å²) in [5.41, 5.74) is 3.89. The smallest absolute Gasteiger partial charge is 0.191 e. The van der Waals surface area contributed by atoms with E-state index < -0.39 is 0 Å². The Labute approximate surface area is 175 Å². The van der Waals surface area contributed by atoms with Crippen LogP contribution in [0.4, 0.5) is 4.39 Å². The van der Waals surface area contributed by atoms with Gasteiger partial charge in [0, 0.05) is 54.4 Å². The zero-order valence-corrected chi connectivity index (χ0v) is 18.4. The van der Waals surface area contributed by atoms with Crippen molar-refractivity contribution in [3.63, 3.8) is 0 Å². The van der Waals surface area contributed by atoms with E-state index in [0.717, 1.165) is 23.4 Å². The fourth-order valence-electron chi connectivity index (χ4n) is 3.15. The maximum Gasteiger partial charge on any atom is 0.191 e. The van der Waals surface area contributed by atoms with Gasteiger partial charge in [-0.1, -0.05) is 17.7 Å². The van der Waals surface area contributed by atoms with Crippen molar-refractivity contribution in [2.45, 2.75) is 38.8 Å². The second-order valence-electron chi connectivity index (χ2n) is 6.43. The van der Waals surface area contributed by atoms with Crippen molar-refractivity contribution >= 4 is 41.5 Å². The molecule has 3 rings (SSSR count). The molecule has 5 nitrogen and oxygen atoms in total. The molecule has 1 aliphatic rings. The average Bonchev–Trinajstić information content (AvgIpc) is 3.26. The summed E-state index contributed by atoms with van der Waals surface area (Å²) < 4.78 is 15.9. The van der Waals surface area contributed by atoms with Crippen molar-refractivity contribution in [3.05, 3.63) is 51.6 Å². The Balaban J connectivity index is 0.00000243. The molecule has 0 aliphatic heterocycles. The molecule has 2 atom stereocenters. The maximum atomic E-state index is 14.0. The van der Waals surface area contributed by atoms with Gasteiger partial charge in [0.05, 0.1) is 5.69 Å². The molecule has 26 heavy (non-hydrogen) atoms. The number of nitrogens with one attached hydrogen (secondary N) is 2. The summed E-state index contributed by atoms with van der Waals surface area (Å²) in [7, 11) is 3.66. The molecule has 1 fully saturated rings. The Morgan fingerprint density at radius 3 is 2.73 bits per heavy atom. The van der Waals surface area contributed by atoms with Crippen LogP contribution in [0, 0.1) is 19.7 Å². The van der Waals surface area contributed by atoms with Gasteiger partial charge >= 0.3 is 0 Å². The number of nitrogens with zero attached hydrogens (tertiary/aromatic N) is 3. The number of guanidine groups is 1. The first-order valence-corrected chi connectivity index (χ1v) is 8.70. The number of halogens is 3. The monoisotopic (exact) mass is 491 g/mol. The largest absolute Gasteiger partial charge is 0.353 e. The summed E-state index contributed by atoms with van der Waals surface area (Å²) in [6.07, 6.45) is 0.840. The van der Waals surface area contributed by atoms with Crippen LogP contribution in [0.2, 0.25) is 5.02 Å². The highest BCUT2D eigenvalue weighted by Crippen LogP contribution is 2.44. The van der Waals surface area contributed by atoms with Crippen molar-refractivity contribution in [3.8, 4) is 0 Å². The third-order valence-corrected chi connectivity index (χ3v) is 5.13. The summed E-state index contributed by atoms with van der Waals surface area (Å²) >= 11 is 6.16. The molecule has 2 aromatic rings. The van der Waals surface area contributed by atoms with Gasteiger partial charge in [-0.05, 0) is 32.4 Å². The first kappa shape index (κ1) is 21.0. The van der Waals surface area contributed by atoms with Crippen LogP contribution in [0.1, 0.15) is 34.9 Å². The van der Waals surface area contributed by atoms with E-state index in [1.54, 1.807) is 19.2 Å². The molecule has 0 bridgehead atoms. The van der Waals surface area contributed by atoms with Crippen LogP contribution in [0.3, 0.4) is 0 Å². The third-order valence-electron chi connectivity index (χ3n) is 4.80. The lowest BCUT2D eigenvalue weighted by atomic mass is 10.1. The van der Waals surface area contributed by atoms with Crippen LogP contribution in [-0.4, -0.2) is 28.8 Å². The summed E-state index contributed by atoms with van der Waals surface area (Å²) in [6.45, 7) is 4.69. The van der Waals surface area contributed by atoms with Gasteiger partial charge in [-0.25, -0.2) is 4.39 Å². The predicted molar refractivity (Wildman–Crippen MR) is 114 cm³/mol. The number of benzene rings is 1. The summed E-state index contributed by atoms with van der Waals surface area (Å²) in [5.74, 6) is 0.531. The molecular weight excluding hydrogens is 468 g/mol. The zero-order valence-electron chi connectivity index (χ0n) is 15.3. The molecule has 1 aromatic heterocycles. The SMILES string of the molecule is CN=C(NCc1c(C)nn(C)c1C)NC1CC1c1c(F)cccc1Cl.I. The lowest BCUT2D eigenvalue weighted by Crippen LogP contribution is -2.38. The minimum absolute atomic E-state index is 0. The van der Waals surface area contributed by atoms with E-state index in [1.165, 1.54) is 6.07 Å². The van der Waals surface area contributed by atoms with E-state index >= 15 is 0 Å². The fourth-order valence-corrected chi connectivity index (χ4v) is 3.46. The molecule has 2 unspecified atom stereocenters. The van der Waals surface area contributed by atoms with Gasteiger partial charge in [0.25, 0.3) is 0 Å². The Kier molecular flexibility index (Phi) is 6.90. The van der Waals surface area contributed by atoms with Gasteiger partial charge in [0.2, 0.25) is 0 Å². The quantitative estimate of drug-likeness (QED) is 0.390. The molecule has 1 heterocycles. The minimum atomic E-state index is -0.244. The van der Waals surface area contributed by atoms with Crippen LogP contribution in [0.15, 0.2) is 23.2 Å². The molecule has 1 aliphatic carbocycles. The molecule has 0 radical (unpaired) electrons. The molecule has 0 spiro atoms. The number of aromatic nitrogens is 2. The van der Waals surface area contributed by atoms with Gasteiger partial charge in [0.15, 0.2) is 5.96 Å². The summed E-state index contributed by atoms with van der Waals surface area (Å²) in [5, 5.41) is 11.6. The number of hydrogen-bond donors (Lipinski definition) is 2. The Morgan fingerprint density at radius 2 is 2.15 bits per heavy atom. The van der Waals surface area contributed by atoms with Crippen molar-refractivity contribution in [2.24, 2.45) is 12.0 Å². The van der Waals surface area contributed by atoms with Gasteiger partial charge in [0.1, 0.15) is 5.82 Å². The van der Waals surface area contributed by atoms with Gasteiger partial charge < -0.3 is 10.6 Å². The highest BCUT2D eigenvalue weighted by molar-refractivity contribution is 14.0. The topological polar surface area (TPSA) is 54.2 Å². The maximum absolute atomic E-state index is 14.0. The number of rotatable bonds is 4. The fraction of sp³-hybridized carbons (Fsp3) is 0.444. The lowest BCUT2D eigenvalue weighted by Gasteiger charge is -2.13. The molecule has 2 N–H and O–H groups in total. The zero-order chi connectivity index (χ0) is 18.1. The lowest BCUT2D eigenvalue weighted by molar-refractivity contribution is 0.608. The van der Waals surface area contributed by atoms with Gasteiger partial charge in [-0.15, -0.1) is 24.0 Å². The molecular formula is C18H24ClFIN5. The van der Waals surface area contributed by atoms with E-state index in [2.05, 4.69) is 20.7 Å². The standard InChI is InChI=1S/C18H23ClFN5.HI/c1-10-13(11(2)25(4)24-10)9-22-18(21-3)23-16-8-12(16)17-14(19)6-5-7-15(17)20;/h5-7,12,16H,8-9H2,1-4H3,(H2,21,22,23);1H. The minimum Gasteiger partial charge on any atom is -0.353 e. The first-order chi connectivity index (χ1) is 11.9. The second kappa shape index (κ2) is 8.56. The summed E-state index contributed by atoms with van der Waals surface area (Å²) in [6, 6.07) is 4.95. The van der Waals surface area contributed by atoms with E-state index in [-0.39, 0.29) is 41.8 Å². The molecule has 1 aromatic carbocycles. The predicted octanol–water partition coefficient (Wildman–Crippen LogP) is 3.67. The van der Waals surface area contributed by atoms with Crippen LogP contribution in [0.5, 0.6) is 0 Å². The highest BCUT2D eigenvalue weighted by Gasteiger charge is 2.41. The van der Waals surface area contributed by atoms with Gasteiger partial charge in [-0.2, -0.15) is 5.10 Å². The Morgan fingerprint density at radius 1 is 1.42 bits per heavy atom. The van der Waals surface area contributed by atoms with E-state index in [0.29, 0.717) is 23.1 Å². The summed E-state index contributed by atoms with van der Waals surface area (Å²) in [4.78, 5) is 4.26. The van der Waals surface area contributed by atoms with Crippen molar-refractivity contribution in [2.75, 3.05) is 7.05 Å².